The van der Waals surface area contributed by atoms with E-state index < -0.39 is 23.0 Å². The Balaban J connectivity index is 1.44. The van der Waals surface area contributed by atoms with Crippen LogP contribution in [0.2, 0.25) is 0 Å². The van der Waals surface area contributed by atoms with Crippen molar-refractivity contribution < 1.29 is 32.2 Å². The molecule has 0 aliphatic carbocycles. The normalized spacial score (nSPS) is 16.5. The van der Waals surface area contributed by atoms with Crippen molar-refractivity contribution in [3.05, 3.63) is 58.7 Å². The largest absolute Gasteiger partial charge is 0.493 e. The van der Waals surface area contributed by atoms with Crippen LogP contribution in [0.25, 0.3) is 6.08 Å². The van der Waals surface area contributed by atoms with Crippen molar-refractivity contribution in [1.82, 2.24) is 5.01 Å². The molecule has 0 fully saturated rings. The number of nitrogens with one attached hydrogen (secondary N) is 1. The molecule has 4 rings (SSSR count). The molecule has 2 aromatic rings. The van der Waals surface area contributed by atoms with Crippen LogP contribution >= 0.6 is 11.8 Å². The molecule has 0 saturated heterocycles. The molecule has 1 amide bonds. The minimum atomic E-state index is -4.70. The van der Waals surface area contributed by atoms with Crippen LogP contribution in [0.5, 0.6) is 17.2 Å². The van der Waals surface area contributed by atoms with E-state index in [0.29, 0.717) is 28.7 Å². The summed E-state index contributed by atoms with van der Waals surface area (Å²) in [5.41, 5.74) is 2.56. The Kier molecular flexibility index (Phi) is 7.58. The number of fused-ring (bicyclic) bond motifs is 1. The topological polar surface area (TPSA) is 96.6 Å². The van der Waals surface area contributed by atoms with Crippen molar-refractivity contribution in [2.75, 3.05) is 20.3 Å². The number of benzene rings is 2. The maximum absolute atomic E-state index is 13.0. The fraction of sp³-hybridized carbons (Fsp3) is 0.280. The summed E-state index contributed by atoms with van der Waals surface area (Å²) in [7, 11) is 1.45. The number of amidine groups is 2. The predicted octanol–water partition coefficient (Wildman–Crippen LogP) is 5.21. The van der Waals surface area contributed by atoms with Gasteiger partial charge in [0.1, 0.15) is 19.0 Å². The van der Waals surface area contributed by atoms with E-state index in [0.717, 1.165) is 17.7 Å². The van der Waals surface area contributed by atoms with Gasteiger partial charge in [-0.25, -0.2) is 0 Å². The van der Waals surface area contributed by atoms with Crippen LogP contribution in [0.3, 0.4) is 0 Å². The molecule has 0 spiro atoms. The highest BCUT2D eigenvalue weighted by molar-refractivity contribution is 8.27. The molecule has 0 aromatic heterocycles. The lowest BCUT2D eigenvalue weighted by atomic mass is 10.1. The lowest BCUT2D eigenvalue weighted by molar-refractivity contribution is -0.114. The van der Waals surface area contributed by atoms with Crippen LogP contribution in [-0.2, 0) is 11.2 Å². The van der Waals surface area contributed by atoms with E-state index in [1.54, 1.807) is 18.2 Å². The molecule has 2 aliphatic rings. The van der Waals surface area contributed by atoms with Gasteiger partial charge in [0.2, 0.25) is 10.2 Å². The van der Waals surface area contributed by atoms with Crippen molar-refractivity contribution in [1.29, 1.82) is 5.41 Å². The van der Waals surface area contributed by atoms with Gasteiger partial charge in [0.05, 0.1) is 12.7 Å². The third kappa shape index (κ3) is 5.96. The Morgan fingerprint density at radius 3 is 2.57 bits per heavy atom. The van der Waals surface area contributed by atoms with E-state index >= 15 is 0 Å². The maximum atomic E-state index is 13.0. The van der Waals surface area contributed by atoms with Gasteiger partial charge in [-0.05, 0) is 72.1 Å². The summed E-state index contributed by atoms with van der Waals surface area (Å²) in [6.45, 7) is 4.64. The second-order valence-corrected chi connectivity index (χ2v) is 8.99. The Bertz CT molecular complexity index is 1340. The van der Waals surface area contributed by atoms with E-state index in [2.05, 4.69) is 23.1 Å². The maximum Gasteiger partial charge on any atom is 0.441 e. The second-order valence-electron chi connectivity index (χ2n) is 8.04. The summed E-state index contributed by atoms with van der Waals surface area (Å²) in [5, 5.41) is 10.8. The highest BCUT2D eigenvalue weighted by atomic mass is 32.2. The monoisotopic (exact) mass is 532 g/mol. The Morgan fingerprint density at radius 2 is 1.86 bits per heavy atom. The molecule has 2 heterocycles. The van der Waals surface area contributed by atoms with Gasteiger partial charge in [0.25, 0.3) is 5.91 Å². The van der Waals surface area contributed by atoms with Gasteiger partial charge in [-0.3, -0.25) is 10.2 Å². The summed E-state index contributed by atoms with van der Waals surface area (Å²) >= 11 is 0.201. The number of carbonyl (C=O) groups is 1. The number of aryl methyl sites for hydroxylation is 2. The first kappa shape index (κ1) is 26.3. The molecule has 1 N–H and O–H groups in total. The van der Waals surface area contributed by atoms with Crippen LogP contribution in [0.15, 0.2) is 52.1 Å². The van der Waals surface area contributed by atoms with Crippen molar-refractivity contribution in [2.45, 2.75) is 26.4 Å². The predicted molar refractivity (Wildman–Crippen MR) is 136 cm³/mol. The first-order chi connectivity index (χ1) is 17.6. The molecule has 194 valence electrons. The Morgan fingerprint density at radius 1 is 1.11 bits per heavy atom. The zero-order valence-electron chi connectivity index (χ0n) is 20.2. The van der Waals surface area contributed by atoms with E-state index in [-0.39, 0.29) is 29.1 Å². The van der Waals surface area contributed by atoms with Gasteiger partial charge in [0.15, 0.2) is 17.3 Å². The number of thioether (sulfide) groups is 1. The zero-order chi connectivity index (χ0) is 26.7. The number of aliphatic imine (C=N–C) groups is 1. The molecule has 2 aromatic carbocycles. The molecule has 2 aliphatic heterocycles. The van der Waals surface area contributed by atoms with Gasteiger partial charge < -0.3 is 14.2 Å². The third-order valence-corrected chi connectivity index (χ3v) is 6.28. The average Bonchev–Trinajstić information content (AvgIpc) is 3.29. The van der Waals surface area contributed by atoms with Crippen LogP contribution in [-0.4, -0.2) is 53.5 Å². The minimum Gasteiger partial charge on any atom is -0.493 e. The molecule has 37 heavy (non-hydrogen) atoms. The fourth-order valence-electron chi connectivity index (χ4n) is 3.59. The van der Waals surface area contributed by atoms with Crippen LogP contribution in [0.4, 0.5) is 13.2 Å². The Hall–Kier alpha value is -3.80. The smallest absolute Gasteiger partial charge is 0.441 e. The number of ether oxygens (including phenoxy) is 3. The molecule has 0 atom stereocenters. The average molecular weight is 533 g/mol. The standard InChI is InChI=1S/C25H23F3N4O4S/c1-4-15-9-14(2)10-17(11-15)35-7-8-36-19-6-5-16(13-20(19)34-3)12-18-21(29)32-24(30-22(18)33)37-23(31-32)25(26,27)28/h5-6,9-13,29H,4,7-8H2,1-3H3. The summed E-state index contributed by atoms with van der Waals surface area (Å²) in [5.74, 6) is 0.239. The summed E-state index contributed by atoms with van der Waals surface area (Å²) in [4.78, 5) is 16.1. The fourth-order valence-corrected chi connectivity index (χ4v) is 4.35. The zero-order valence-corrected chi connectivity index (χ0v) is 21.0. The number of hydrazone groups is 1. The van der Waals surface area contributed by atoms with E-state index in [1.165, 1.54) is 18.7 Å². The summed E-state index contributed by atoms with van der Waals surface area (Å²) in [6, 6.07) is 10.9. The summed E-state index contributed by atoms with van der Waals surface area (Å²) in [6.07, 6.45) is -2.45. The lowest BCUT2D eigenvalue weighted by Crippen LogP contribution is -2.35. The van der Waals surface area contributed by atoms with E-state index in [9.17, 15) is 18.0 Å². The van der Waals surface area contributed by atoms with Gasteiger partial charge in [-0.15, -0.1) is 0 Å². The lowest BCUT2D eigenvalue weighted by Gasteiger charge is -2.20. The number of hydrogen-bond donors (Lipinski definition) is 1. The summed E-state index contributed by atoms with van der Waals surface area (Å²) < 4.78 is 56.0. The molecule has 12 heteroatoms. The van der Waals surface area contributed by atoms with Crippen molar-refractivity contribution in [3.8, 4) is 17.2 Å². The van der Waals surface area contributed by atoms with Crippen LogP contribution in [0.1, 0.15) is 23.6 Å². The third-order valence-electron chi connectivity index (χ3n) is 5.32. The number of carbonyl (C=O) groups excluding carboxylic acids is 1. The minimum absolute atomic E-state index is 0.201. The van der Waals surface area contributed by atoms with Gasteiger partial charge in [-0.1, -0.05) is 19.1 Å². The quantitative estimate of drug-likeness (QED) is 0.371. The first-order valence-corrected chi connectivity index (χ1v) is 12.0. The molecular weight excluding hydrogens is 509 g/mol. The SMILES string of the molecule is CCc1cc(C)cc(OCCOc2ccc(C=C3C(=N)N4N=C(C(F)(F)F)SC4=NC3=O)cc2OC)c1. The van der Waals surface area contributed by atoms with E-state index in [4.69, 9.17) is 19.6 Å². The number of rotatable bonds is 8. The molecule has 0 bridgehead atoms. The van der Waals surface area contributed by atoms with Gasteiger partial charge >= 0.3 is 6.18 Å². The van der Waals surface area contributed by atoms with E-state index in [1.807, 2.05) is 19.1 Å². The molecule has 8 nitrogen and oxygen atoms in total. The molecule has 0 radical (unpaired) electrons. The number of methoxy groups -OCH3 is 1. The number of nitrogens with zero attached hydrogens (tertiary/aromatic N) is 3. The first-order valence-electron chi connectivity index (χ1n) is 11.2. The van der Waals surface area contributed by atoms with Gasteiger partial charge in [0, 0.05) is 0 Å². The number of halogens is 3. The van der Waals surface area contributed by atoms with Crippen molar-refractivity contribution >= 4 is 39.8 Å². The van der Waals surface area contributed by atoms with Crippen LogP contribution < -0.4 is 14.2 Å². The highest BCUT2D eigenvalue weighted by Gasteiger charge is 2.46. The molecule has 0 saturated carbocycles. The number of amides is 1. The Labute approximate surface area is 215 Å². The van der Waals surface area contributed by atoms with Crippen molar-refractivity contribution in [2.24, 2.45) is 10.1 Å². The highest BCUT2D eigenvalue weighted by Crippen LogP contribution is 2.36. The molecule has 0 unspecified atom stereocenters. The van der Waals surface area contributed by atoms with Crippen molar-refractivity contribution in [3.63, 3.8) is 0 Å². The molecular formula is C25H23F3N4O4S. The number of alkyl halides is 3. The van der Waals surface area contributed by atoms with Gasteiger partial charge in [-0.2, -0.15) is 28.3 Å². The number of hydrogen-bond acceptors (Lipinski definition) is 7. The van der Waals surface area contributed by atoms with Crippen LogP contribution in [0, 0.1) is 12.3 Å². The second kappa shape index (κ2) is 10.7.